The van der Waals surface area contributed by atoms with E-state index < -0.39 is 0 Å². The first-order valence-corrected chi connectivity index (χ1v) is 7.67. The molecule has 1 aromatic carbocycles. The average Bonchev–Trinajstić information content (AvgIpc) is 2.49. The number of pyridine rings is 1. The fraction of sp³-hybridized carbons (Fsp3) is 0.312. The van der Waals surface area contributed by atoms with E-state index in [1.54, 1.807) is 12.3 Å². The highest BCUT2D eigenvalue weighted by atomic mass is 35.5. The molecule has 1 N–H and O–H groups in total. The van der Waals surface area contributed by atoms with Crippen LogP contribution < -0.4 is 0 Å². The van der Waals surface area contributed by atoms with Crippen LogP contribution in [0.25, 0.3) is 0 Å². The lowest BCUT2D eigenvalue weighted by Crippen LogP contribution is -2.37. The SMILES string of the molecule is OCC1c2ccccc2CCN1Cc1ncc(Cl)cc1Cl. The normalized spacial score (nSPS) is 18.5. The van der Waals surface area contributed by atoms with E-state index in [1.165, 1.54) is 11.1 Å². The number of hydrogen-bond acceptors (Lipinski definition) is 3. The van der Waals surface area contributed by atoms with Gasteiger partial charge in [0, 0.05) is 19.3 Å². The molecular weight excluding hydrogens is 307 g/mol. The van der Waals surface area contributed by atoms with E-state index in [9.17, 15) is 5.11 Å². The number of hydrogen-bond donors (Lipinski definition) is 1. The molecule has 2 heterocycles. The maximum atomic E-state index is 9.78. The third kappa shape index (κ3) is 3.06. The molecule has 110 valence electrons. The van der Waals surface area contributed by atoms with Gasteiger partial charge in [0.25, 0.3) is 0 Å². The van der Waals surface area contributed by atoms with Crippen molar-refractivity contribution >= 4 is 23.2 Å². The van der Waals surface area contributed by atoms with Gasteiger partial charge in [-0.05, 0) is 23.6 Å². The molecule has 0 fully saturated rings. The first-order valence-electron chi connectivity index (χ1n) is 6.91. The minimum atomic E-state index is -0.0107. The van der Waals surface area contributed by atoms with Gasteiger partial charge in [0.05, 0.1) is 28.4 Å². The quantitative estimate of drug-likeness (QED) is 0.939. The number of aliphatic hydroxyl groups is 1. The molecule has 1 aromatic heterocycles. The van der Waals surface area contributed by atoms with Gasteiger partial charge in [-0.15, -0.1) is 0 Å². The molecule has 0 saturated heterocycles. The molecule has 1 aliphatic heterocycles. The summed E-state index contributed by atoms with van der Waals surface area (Å²) < 4.78 is 0. The topological polar surface area (TPSA) is 36.4 Å². The van der Waals surface area contributed by atoms with Crippen molar-refractivity contribution in [2.45, 2.75) is 19.0 Å². The predicted molar refractivity (Wildman–Crippen MR) is 84.6 cm³/mol. The maximum Gasteiger partial charge on any atom is 0.0731 e. The van der Waals surface area contributed by atoms with Crippen molar-refractivity contribution in [1.29, 1.82) is 0 Å². The van der Waals surface area contributed by atoms with Crippen LogP contribution in [0.2, 0.25) is 10.0 Å². The number of halogens is 2. The molecule has 2 aromatic rings. The Hall–Kier alpha value is -1.13. The number of benzene rings is 1. The molecule has 0 saturated carbocycles. The number of fused-ring (bicyclic) bond motifs is 1. The predicted octanol–water partition coefficient (Wildman–Crippen LogP) is 3.48. The molecule has 3 nitrogen and oxygen atoms in total. The zero-order valence-corrected chi connectivity index (χ0v) is 13.0. The Balaban J connectivity index is 1.86. The molecule has 0 aliphatic carbocycles. The first kappa shape index (κ1) is 14.8. The second-order valence-corrected chi connectivity index (χ2v) is 6.04. The molecule has 3 rings (SSSR count). The van der Waals surface area contributed by atoms with Crippen LogP contribution in [0.1, 0.15) is 22.9 Å². The van der Waals surface area contributed by atoms with Crippen molar-refractivity contribution in [3.05, 3.63) is 63.4 Å². The lowest BCUT2D eigenvalue weighted by atomic mass is 9.93. The number of rotatable bonds is 3. The monoisotopic (exact) mass is 322 g/mol. The van der Waals surface area contributed by atoms with Crippen molar-refractivity contribution in [1.82, 2.24) is 9.88 Å². The summed E-state index contributed by atoms with van der Waals surface area (Å²) in [7, 11) is 0. The summed E-state index contributed by atoms with van der Waals surface area (Å²) in [6.07, 6.45) is 2.58. The molecule has 1 atom stereocenters. The molecule has 1 aliphatic rings. The zero-order chi connectivity index (χ0) is 14.8. The minimum absolute atomic E-state index is 0.0107. The van der Waals surface area contributed by atoms with Gasteiger partial charge in [-0.2, -0.15) is 0 Å². The Kier molecular flexibility index (Phi) is 4.45. The summed E-state index contributed by atoms with van der Waals surface area (Å²) >= 11 is 12.1. The largest absolute Gasteiger partial charge is 0.394 e. The summed E-state index contributed by atoms with van der Waals surface area (Å²) in [5.74, 6) is 0. The maximum absolute atomic E-state index is 9.78. The van der Waals surface area contributed by atoms with Crippen LogP contribution in [-0.2, 0) is 13.0 Å². The fourth-order valence-electron chi connectivity index (χ4n) is 2.86. The van der Waals surface area contributed by atoms with Gasteiger partial charge in [-0.1, -0.05) is 47.5 Å². The van der Waals surface area contributed by atoms with Crippen molar-refractivity contribution in [3.63, 3.8) is 0 Å². The first-order chi connectivity index (χ1) is 10.2. The molecule has 5 heteroatoms. The van der Waals surface area contributed by atoms with Gasteiger partial charge in [-0.25, -0.2) is 0 Å². The third-order valence-electron chi connectivity index (χ3n) is 3.93. The molecule has 0 spiro atoms. The summed E-state index contributed by atoms with van der Waals surface area (Å²) in [6.45, 7) is 1.57. The third-order valence-corrected chi connectivity index (χ3v) is 4.47. The van der Waals surface area contributed by atoms with Crippen LogP contribution in [-0.4, -0.2) is 28.1 Å². The Morgan fingerprint density at radius 1 is 1.29 bits per heavy atom. The van der Waals surface area contributed by atoms with Gasteiger partial charge in [0.2, 0.25) is 0 Å². The van der Waals surface area contributed by atoms with Crippen LogP contribution in [0.4, 0.5) is 0 Å². The smallest absolute Gasteiger partial charge is 0.0731 e. The van der Waals surface area contributed by atoms with E-state index in [4.69, 9.17) is 23.2 Å². The Morgan fingerprint density at radius 2 is 2.10 bits per heavy atom. The summed E-state index contributed by atoms with van der Waals surface area (Å²) in [5, 5.41) is 10.9. The van der Waals surface area contributed by atoms with Gasteiger partial charge < -0.3 is 5.11 Å². The summed E-state index contributed by atoms with van der Waals surface area (Å²) in [6, 6.07) is 9.96. The summed E-state index contributed by atoms with van der Waals surface area (Å²) in [4.78, 5) is 6.52. The van der Waals surface area contributed by atoms with Gasteiger partial charge >= 0.3 is 0 Å². The van der Waals surface area contributed by atoms with Crippen LogP contribution in [0.3, 0.4) is 0 Å². The van der Waals surface area contributed by atoms with E-state index >= 15 is 0 Å². The minimum Gasteiger partial charge on any atom is -0.394 e. The van der Waals surface area contributed by atoms with Crippen LogP contribution in [0, 0.1) is 0 Å². The van der Waals surface area contributed by atoms with E-state index in [-0.39, 0.29) is 12.6 Å². The number of nitrogens with zero attached hydrogens (tertiary/aromatic N) is 2. The Labute approximate surface area is 134 Å². The zero-order valence-electron chi connectivity index (χ0n) is 11.5. The van der Waals surface area contributed by atoms with Crippen LogP contribution >= 0.6 is 23.2 Å². The van der Waals surface area contributed by atoms with E-state index in [1.807, 2.05) is 12.1 Å². The standard InChI is InChI=1S/C16H16Cl2N2O/c17-12-7-14(18)15(19-8-12)9-20-6-5-11-3-1-2-4-13(11)16(20)10-21/h1-4,7-8,16,21H,5-6,9-10H2. The highest BCUT2D eigenvalue weighted by molar-refractivity contribution is 6.34. The molecule has 0 bridgehead atoms. The number of aromatic nitrogens is 1. The van der Waals surface area contributed by atoms with Gasteiger partial charge in [0.1, 0.15) is 0 Å². The Bertz CT molecular complexity index is 648. The van der Waals surface area contributed by atoms with E-state index in [2.05, 4.69) is 22.0 Å². The summed E-state index contributed by atoms with van der Waals surface area (Å²) in [5.41, 5.74) is 3.29. The highest BCUT2D eigenvalue weighted by Crippen LogP contribution is 2.31. The van der Waals surface area contributed by atoms with E-state index in [0.29, 0.717) is 16.6 Å². The molecular formula is C16H16Cl2N2O. The second kappa shape index (κ2) is 6.32. The molecule has 21 heavy (non-hydrogen) atoms. The molecule has 1 unspecified atom stereocenters. The van der Waals surface area contributed by atoms with Crippen molar-refractivity contribution in [2.75, 3.05) is 13.2 Å². The average molecular weight is 323 g/mol. The van der Waals surface area contributed by atoms with Crippen LogP contribution in [0.5, 0.6) is 0 Å². The lowest BCUT2D eigenvalue weighted by Gasteiger charge is -2.36. The van der Waals surface area contributed by atoms with Crippen molar-refractivity contribution in [3.8, 4) is 0 Å². The number of aliphatic hydroxyl groups excluding tert-OH is 1. The lowest BCUT2D eigenvalue weighted by molar-refractivity contribution is 0.107. The molecule has 0 amide bonds. The second-order valence-electron chi connectivity index (χ2n) is 5.20. The van der Waals surface area contributed by atoms with Gasteiger partial charge in [-0.3, -0.25) is 9.88 Å². The fourth-order valence-corrected chi connectivity index (χ4v) is 3.30. The molecule has 0 radical (unpaired) electrons. The Morgan fingerprint density at radius 3 is 2.86 bits per heavy atom. The van der Waals surface area contributed by atoms with E-state index in [0.717, 1.165) is 18.7 Å². The van der Waals surface area contributed by atoms with Crippen LogP contribution in [0.15, 0.2) is 36.5 Å². The highest BCUT2D eigenvalue weighted by Gasteiger charge is 2.27. The van der Waals surface area contributed by atoms with Crippen molar-refractivity contribution < 1.29 is 5.11 Å². The van der Waals surface area contributed by atoms with Gasteiger partial charge in [0.15, 0.2) is 0 Å². The van der Waals surface area contributed by atoms with Crippen molar-refractivity contribution in [2.24, 2.45) is 0 Å².